The van der Waals surface area contributed by atoms with Crippen LogP contribution in [-0.4, -0.2) is 51.2 Å². The van der Waals surface area contributed by atoms with Crippen molar-refractivity contribution < 1.29 is 4.74 Å². The van der Waals surface area contributed by atoms with Gasteiger partial charge in [0.1, 0.15) is 11.3 Å². The maximum absolute atomic E-state index is 6.21. The number of aromatic nitrogens is 4. The largest absolute Gasteiger partial charge is 0.494 e. The zero-order valence-corrected chi connectivity index (χ0v) is 16.5. The van der Waals surface area contributed by atoms with Crippen LogP contribution in [0.2, 0.25) is 0 Å². The van der Waals surface area contributed by atoms with Crippen LogP contribution in [0.4, 0.5) is 5.95 Å². The molecular weight excluding hydrogens is 352 g/mol. The predicted molar refractivity (Wildman–Crippen MR) is 110 cm³/mol. The van der Waals surface area contributed by atoms with Gasteiger partial charge in [-0.3, -0.25) is 0 Å². The molecule has 0 amide bonds. The summed E-state index contributed by atoms with van der Waals surface area (Å²) in [6.07, 6.45) is 7.92. The molecule has 0 spiro atoms. The predicted octanol–water partition coefficient (Wildman–Crippen LogP) is 3.24. The summed E-state index contributed by atoms with van der Waals surface area (Å²) in [6.45, 7) is 3.47. The first-order valence-electron chi connectivity index (χ1n) is 10.4. The third kappa shape index (κ3) is 3.07. The smallest absolute Gasteiger partial charge is 0.223 e. The molecule has 148 valence electrons. The van der Waals surface area contributed by atoms with Crippen LogP contribution in [0.1, 0.15) is 50.3 Å². The summed E-state index contributed by atoms with van der Waals surface area (Å²) in [5, 5.41) is 5.68. The molecule has 28 heavy (non-hydrogen) atoms. The van der Waals surface area contributed by atoms with Crippen LogP contribution in [0.5, 0.6) is 5.75 Å². The highest BCUT2D eigenvalue weighted by molar-refractivity contribution is 5.95. The molecule has 7 heteroatoms. The Bertz CT molecular complexity index is 993. The Labute approximate surface area is 164 Å². The van der Waals surface area contributed by atoms with Crippen molar-refractivity contribution in [2.45, 2.75) is 44.4 Å². The van der Waals surface area contributed by atoms with E-state index in [9.17, 15) is 0 Å². The zero-order chi connectivity index (χ0) is 19.1. The number of benzene rings is 1. The number of likely N-dealkylation sites (tertiary alicyclic amines) is 1. The van der Waals surface area contributed by atoms with Gasteiger partial charge in [-0.25, -0.2) is 9.97 Å². The molecule has 2 fully saturated rings. The number of piperidine rings is 1. The Balaban J connectivity index is 1.47. The first-order valence-corrected chi connectivity index (χ1v) is 10.4. The second-order valence-electron chi connectivity index (χ2n) is 8.28. The van der Waals surface area contributed by atoms with Gasteiger partial charge in [-0.15, -0.1) is 5.10 Å². The van der Waals surface area contributed by atoms with E-state index in [2.05, 4.69) is 9.88 Å². The first-order chi connectivity index (χ1) is 13.7. The maximum atomic E-state index is 6.21. The number of anilines is 1. The fourth-order valence-electron chi connectivity index (χ4n) is 4.97. The maximum Gasteiger partial charge on any atom is 0.223 e. The topological polar surface area (TPSA) is 81.6 Å². The van der Waals surface area contributed by atoms with E-state index >= 15 is 0 Å². The molecule has 5 rings (SSSR count). The van der Waals surface area contributed by atoms with E-state index in [0.717, 1.165) is 41.3 Å². The summed E-state index contributed by atoms with van der Waals surface area (Å²) in [5.41, 5.74) is 7.71. The van der Waals surface area contributed by atoms with Crippen molar-refractivity contribution in [1.82, 2.24) is 24.5 Å². The average Bonchev–Trinajstić information content (AvgIpc) is 3.38. The minimum atomic E-state index is 0.351. The van der Waals surface area contributed by atoms with Crippen LogP contribution in [0.15, 0.2) is 18.2 Å². The number of para-hydroxylation sites is 1. The van der Waals surface area contributed by atoms with Crippen LogP contribution in [-0.2, 0) is 0 Å². The summed E-state index contributed by atoms with van der Waals surface area (Å²) in [5.74, 6) is 3.18. The number of methoxy groups -OCH3 is 1. The highest BCUT2D eigenvalue weighted by Gasteiger charge is 2.28. The van der Waals surface area contributed by atoms with Crippen molar-refractivity contribution in [3.05, 3.63) is 24.0 Å². The SMILES string of the molecule is COc1cccc2c1nc(N)n1nc([C@@H]3CCCN(CC4CCCC4)C3)nc21. The van der Waals surface area contributed by atoms with Gasteiger partial charge in [-0.2, -0.15) is 4.52 Å². The van der Waals surface area contributed by atoms with Gasteiger partial charge in [-0.05, 0) is 50.3 Å². The van der Waals surface area contributed by atoms with Gasteiger partial charge in [0, 0.05) is 24.4 Å². The second kappa shape index (κ2) is 7.20. The summed E-state index contributed by atoms with van der Waals surface area (Å²) in [7, 11) is 1.65. The molecule has 2 aromatic heterocycles. The van der Waals surface area contributed by atoms with E-state index in [1.807, 2.05) is 18.2 Å². The van der Waals surface area contributed by atoms with Gasteiger partial charge in [0.25, 0.3) is 0 Å². The number of ether oxygens (including phenoxy) is 1. The monoisotopic (exact) mass is 380 g/mol. The zero-order valence-electron chi connectivity index (χ0n) is 16.5. The lowest BCUT2D eigenvalue weighted by Crippen LogP contribution is -2.37. The highest BCUT2D eigenvalue weighted by Crippen LogP contribution is 2.32. The van der Waals surface area contributed by atoms with Gasteiger partial charge in [0.2, 0.25) is 5.95 Å². The number of nitrogens with two attached hydrogens (primary N) is 1. The van der Waals surface area contributed by atoms with E-state index in [1.165, 1.54) is 45.2 Å². The Morgan fingerprint density at radius 2 is 2.00 bits per heavy atom. The van der Waals surface area contributed by atoms with Gasteiger partial charge in [-0.1, -0.05) is 18.9 Å². The normalized spacial score (nSPS) is 21.7. The Hall–Kier alpha value is -2.41. The first kappa shape index (κ1) is 17.7. The van der Waals surface area contributed by atoms with E-state index in [1.54, 1.807) is 11.6 Å². The average molecular weight is 380 g/mol. The van der Waals surface area contributed by atoms with Crippen molar-refractivity contribution in [1.29, 1.82) is 0 Å². The van der Waals surface area contributed by atoms with E-state index in [4.69, 9.17) is 20.6 Å². The molecule has 1 aromatic carbocycles. The lowest BCUT2D eigenvalue weighted by Gasteiger charge is -2.33. The third-order valence-electron chi connectivity index (χ3n) is 6.39. The fourth-order valence-corrected chi connectivity index (χ4v) is 4.97. The fraction of sp³-hybridized carbons (Fsp3) is 0.571. The van der Waals surface area contributed by atoms with Crippen LogP contribution < -0.4 is 10.5 Å². The molecule has 2 N–H and O–H groups in total. The molecule has 0 unspecified atom stereocenters. The highest BCUT2D eigenvalue weighted by atomic mass is 16.5. The van der Waals surface area contributed by atoms with Crippen molar-refractivity contribution >= 4 is 22.5 Å². The van der Waals surface area contributed by atoms with Gasteiger partial charge < -0.3 is 15.4 Å². The van der Waals surface area contributed by atoms with Gasteiger partial charge in [0.15, 0.2) is 11.5 Å². The number of fused-ring (bicyclic) bond motifs is 3. The summed E-state index contributed by atoms with van der Waals surface area (Å²) >= 11 is 0. The van der Waals surface area contributed by atoms with Gasteiger partial charge in [0.05, 0.1) is 7.11 Å². The molecular formula is C21H28N6O. The quantitative estimate of drug-likeness (QED) is 0.748. The molecule has 0 radical (unpaired) electrons. The van der Waals surface area contributed by atoms with Crippen LogP contribution >= 0.6 is 0 Å². The number of hydrogen-bond acceptors (Lipinski definition) is 6. The Morgan fingerprint density at radius 1 is 1.14 bits per heavy atom. The molecule has 1 atom stereocenters. The van der Waals surface area contributed by atoms with Crippen LogP contribution in [0, 0.1) is 5.92 Å². The number of hydrogen-bond donors (Lipinski definition) is 1. The van der Waals surface area contributed by atoms with E-state index in [0.29, 0.717) is 17.6 Å². The number of nitrogen functional groups attached to an aromatic ring is 1. The molecule has 3 aromatic rings. The molecule has 3 heterocycles. The molecule has 1 aliphatic heterocycles. The van der Waals surface area contributed by atoms with E-state index < -0.39 is 0 Å². The van der Waals surface area contributed by atoms with Crippen molar-refractivity contribution in [2.24, 2.45) is 5.92 Å². The van der Waals surface area contributed by atoms with Crippen molar-refractivity contribution in [3.8, 4) is 5.75 Å². The second-order valence-corrected chi connectivity index (χ2v) is 8.28. The summed E-state index contributed by atoms with van der Waals surface area (Å²) < 4.78 is 7.14. The number of nitrogens with zero attached hydrogens (tertiary/aromatic N) is 5. The van der Waals surface area contributed by atoms with Crippen LogP contribution in [0.25, 0.3) is 16.6 Å². The minimum Gasteiger partial charge on any atom is -0.494 e. The lowest BCUT2D eigenvalue weighted by atomic mass is 9.96. The molecule has 7 nitrogen and oxygen atoms in total. The van der Waals surface area contributed by atoms with Gasteiger partial charge >= 0.3 is 0 Å². The lowest BCUT2D eigenvalue weighted by molar-refractivity contribution is 0.177. The minimum absolute atomic E-state index is 0.351. The van der Waals surface area contributed by atoms with Crippen molar-refractivity contribution in [3.63, 3.8) is 0 Å². The van der Waals surface area contributed by atoms with Crippen LogP contribution in [0.3, 0.4) is 0 Å². The molecule has 1 saturated heterocycles. The standard InChI is InChI=1S/C21H28N6O/c1-28-17-10-4-9-16-18(17)23-21(22)27-20(16)24-19(25-27)15-8-5-11-26(13-15)12-14-6-2-3-7-14/h4,9-10,14-15H,2-3,5-8,11-13H2,1H3,(H2,22,23)/t15-/m1/s1. The Morgan fingerprint density at radius 3 is 2.82 bits per heavy atom. The molecule has 1 aliphatic carbocycles. The molecule has 0 bridgehead atoms. The van der Waals surface area contributed by atoms with E-state index in [-0.39, 0.29) is 0 Å². The summed E-state index contributed by atoms with van der Waals surface area (Å²) in [4.78, 5) is 12.1. The third-order valence-corrected chi connectivity index (χ3v) is 6.39. The molecule has 1 saturated carbocycles. The Kier molecular flexibility index (Phi) is 4.55. The van der Waals surface area contributed by atoms with Crippen molar-refractivity contribution in [2.75, 3.05) is 32.5 Å². The number of rotatable bonds is 4. The summed E-state index contributed by atoms with van der Waals surface area (Å²) in [6, 6.07) is 5.85. The molecule has 2 aliphatic rings.